The Bertz CT molecular complexity index is 1090. The van der Waals surface area contributed by atoms with Gasteiger partial charge in [0.2, 0.25) is 0 Å². The number of ether oxygens (including phenoxy) is 1. The standard InChI is InChI=1S/C24H20N2O2S/c1-17(28-21-13-6-3-7-14-21)23(27)25-20-12-8-11-19(15-20)22-16-29-24(26-22)18-9-4-2-5-10-18/h2-17H,1H3,(H,25,27)/t17-/m1/s1. The van der Waals surface area contributed by atoms with Gasteiger partial charge in [-0.3, -0.25) is 4.79 Å². The Balaban J connectivity index is 1.46. The third kappa shape index (κ3) is 4.70. The molecular weight excluding hydrogens is 380 g/mol. The molecule has 0 bridgehead atoms. The van der Waals surface area contributed by atoms with E-state index in [0.29, 0.717) is 11.4 Å². The van der Waals surface area contributed by atoms with Crippen LogP contribution in [0, 0.1) is 0 Å². The molecule has 0 saturated carbocycles. The molecule has 0 aliphatic heterocycles. The summed E-state index contributed by atoms with van der Waals surface area (Å²) >= 11 is 1.60. The number of aromatic nitrogens is 1. The molecule has 1 aromatic heterocycles. The van der Waals surface area contributed by atoms with E-state index in [-0.39, 0.29) is 5.91 Å². The molecule has 1 N–H and O–H groups in total. The normalized spacial score (nSPS) is 11.6. The van der Waals surface area contributed by atoms with E-state index in [1.165, 1.54) is 0 Å². The molecule has 4 nitrogen and oxygen atoms in total. The zero-order chi connectivity index (χ0) is 20.1. The quantitative estimate of drug-likeness (QED) is 0.439. The lowest BCUT2D eigenvalue weighted by molar-refractivity contribution is -0.122. The maximum Gasteiger partial charge on any atom is 0.265 e. The predicted octanol–water partition coefficient (Wildman–Crippen LogP) is 5.88. The van der Waals surface area contributed by atoms with Crippen molar-refractivity contribution >= 4 is 22.9 Å². The van der Waals surface area contributed by atoms with Crippen molar-refractivity contribution in [2.24, 2.45) is 0 Å². The molecule has 3 aromatic carbocycles. The minimum atomic E-state index is -0.606. The van der Waals surface area contributed by atoms with E-state index in [1.54, 1.807) is 18.3 Å². The summed E-state index contributed by atoms with van der Waals surface area (Å²) in [4.78, 5) is 17.2. The Hall–Kier alpha value is -3.44. The van der Waals surface area contributed by atoms with Crippen LogP contribution in [0.15, 0.2) is 90.3 Å². The second-order valence-corrected chi connectivity index (χ2v) is 7.41. The van der Waals surface area contributed by atoms with Crippen LogP contribution in [0.3, 0.4) is 0 Å². The molecule has 0 unspecified atom stereocenters. The first-order valence-corrected chi connectivity index (χ1v) is 10.2. The lowest BCUT2D eigenvalue weighted by Crippen LogP contribution is -2.30. The van der Waals surface area contributed by atoms with Crippen molar-refractivity contribution in [2.75, 3.05) is 5.32 Å². The highest BCUT2D eigenvalue weighted by Gasteiger charge is 2.15. The number of amides is 1. The highest BCUT2D eigenvalue weighted by atomic mass is 32.1. The van der Waals surface area contributed by atoms with Crippen LogP contribution in [0.1, 0.15) is 6.92 Å². The van der Waals surface area contributed by atoms with Crippen LogP contribution in [-0.2, 0) is 4.79 Å². The number of para-hydroxylation sites is 1. The highest BCUT2D eigenvalue weighted by molar-refractivity contribution is 7.13. The monoisotopic (exact) mass is 400 g/mol. The predicted molar refractivity (Wildman–Crippen MR) is 118 cm³/mol. The highest BCUT2D eigenvalue weighted by Crippen LogP contribution is 2.29. The fraction of sp³-hybridized carbons (Fsp3) is 0.0833. The Morgan fingerprint density at radius 1 is 0.931 bits per heavy atom. The van der Waals surface area contributed by atoms with Gasteiger partial charge in [-0.15, -0.1) is 11.3 Å². The molecule has 0 saturated heterocycles. The van der Waals surface area contributed by atoms with Gasteiger partial charge in [0.25, 0.3) is 5.91 Å². The molecular formula is C24H20N2O2S. The van der Waals surface area contributed by atoms with Crippen molar-refractivity contribution in [1.29, 1.82) is 0 Å². The van der Waals surface area contributed by atoms with Crippen molar-refractivity contribution in [3.63, 3.8) is 0 Å². The first-order chi connectivity index (χ1) is 14.2. The van der Waals surface area contributed by atoms with E-state index >= 15 is 0 Å². The molecule has 0 radical (unpaired) electrons. The number of nitrogens with zero attached hydrogens (tertiary/aromatic N) is 1. The summed E-state index contributed by atoms with van der Waals surface area (Å²) in [5.74, 6) is 0.467. The van der Waals surface area contributed by atoms with Gasteiger partial charge in [-0.05, 0) is 31.2 Å². The van der Waals surface area contributed by atoms with Crippen LogP contribution in [0.4, 0.5) is 5.69 Å². The van der Waals surface area contributed by atoms with Gasteiger partial charge in [0.05, 0.1) is 5.69 Å². The van der Waals surface area contributed by atoms with Crippen LogP contribution in [0.5, 0.6) is 5.75 Å². The molecule has 0 aliphatic carbocycles. The molecule has 4 rings (SSSR count). The van der Waals surface area contributed by atoms with Gasteiger partial charge in [0.15, 0.2) is 6.10 Å². The molecule has 1 heterocycles. The fourth-order valence-electron chi connectivity index (χ4n) is 2.88. The molecule has 1 amide bonds. The fourth-order valence-corrected chi connectivity index (χ4v) is 3.71. The lowest BCUT2D eigenvalue weighted by atomic mass is 10.1. The van der Waals surface area contributed by atoms with E-state index in [2.05, 4.69) is 5.32 Å². The maximum absolute atomic E-state index is 12.5. The lowest BCUT2D eigenvalue weighted by Gasteiger charge is -2.15. The Labute approximate surface area is 173 Å². The average Bonchev–Trinajstić information content (AvgIpc) is 3.26. The van der Waals surface area contributed by atoms with E-state index in [4.69, 9.17) is 9.72 Å². The summed E-state index contributed by atoms with van der Waals surface area (Å²) in [6.07, 6.45) is -0.606. The van der Waals surface area contributed by atoms with E-state index < -0.39 is 6.10 Å². The van der Waals surface area contributed by atoms with Gasteiger partial charge in [-0.2, -0.15) is 0 Å². The molecule has 0 fully saturated rings. The second-order valence-electron chi connectivity index (χ2n) is 6.55. The Morgan fingerprint density at radius 3 is 2.38 bits per heavy atom. The number of hydrogen-bond donors (Lipinski definition) is 1. The summed E-state index contributed by atoms with van der Waals surface area (Å²) in [6.45, 7) is 1.73. The number of carbonyl (C=O) groups is 1. The maximum atomic E-state index is 12.5. The van der Waals surface area contributed by atoms with Gasteiger partial charge in [0.1, 0.15) is 10.8 Å². The van der Waals surface area contributed by atoms with Crippen molar-refractivity contribution in [1.82, 2.24) is 4.98 Å². The Kier molecular flexibility index (Phi) is 5.68. The largest absolute Gasteiger partial charge is 0.481 e. The summed E-state index contributed by atoms with van der Waals surface area (Å²) in [7, 11) is 0. The summed E-state index contributed by atoms with van der Waals surface area (Å²) in [5.41, 5.74) is 3.65. The molecule has 29 heavy (non-hydrogen) atoms. The topological polar surface area (TPSA) is 51.2 Å². The summed E-state index contributed by atoms with van der Waals surface area (Å²) < 4.78 is 5.69. The van der Waals surface area contributed by atoms with E-state index in [1.807, 2.05) is 90.3 Å². The second kappa shape index (κ2) is 8.71. The van der Waals surface area contributed by atoms with Crippen LogP contribution >= 0.6 is 11.3 Å². The first-order valence-electron chi connectivity index (χ1n) is 9.33. The van der Waals surface area contributed by atoms with Gasteiger partial charge >= 0.3 is 0 Å². The minimum absolute atomic E-state index is 0.200. The van der Waals surface area contributed by atoms with Crippen LogP contribution < -0.4 is 10.1 Å². The van der Waals surface area contributed by atoms with Crippen molar-refractivity contribution in [3.8, 4) is 27.6 Å². The molecule has 0 aliphatic rings. The SMILES string of the molecule is C[C@@H](Oc1ccccc1)C(=O)Nc1cccc(-c2csc(-c3ccccc3)n2)c1. The number of carbonyl (C=O) groups excluding carboxylic acids is 1. The number of nitrogens with one attached hydrogen (secondary N) is 1. The molecule has 1 atom stereocenters. The zero-order valence-electron chi connectivity index (χ0n) is 15.9. The number of benzene rings is 3. The van der Waals surface area contributed by atoms with Crippen LogP contribution in [0.25, 0.3) is 21.8 Å². The van der Waals surface area contributed by atoms with Crippen LogP contribution in [-0.4, -0.2) is 17.0 Å². The van der Waals surface area contributed by atoms with Gasteiger partial charge < -0.3 is 10.1 Å². The number of rotatable bonds is 6. The third-order valence-electron chi connectivity index (χ3n) is 4.38. The van der Waals surface area contributed by atoms with Crippen LogP contribution in [0.2, 0.25) is 0 Å². The van der Waals surface area contributed by atoms with E-state index in [9.17, 15) is 4.79 Å². The minimum Gasteiger partial charge on any atom is -0.481 e. The molecule has 4 aromatic rings. The Morgan fingerprint density at radius 2 is 1.62 bits per heavy atom. The van der Waals surface area contributed by atoms with Crippen molar-refractivity contribution in [2.45, 2.75) is 13.0 Å². The summed E-state index contributed by atoms with van der Waals surface area (Å²) in [6, 6.07) is 27.1. The number of anilines is 1. The van der Waals surface area contributed by atoms with Crippen molar-refractivity contribution in [3.05, 3.63) is 90.3 Å². The average molecular weight is 401 g/mol. The number of thiazole rings is 1. The first kappa shape index (κ1) is 18.9. The third-order valence-corrected chi connectivity index (χ3v) is 5.27. The molecule has 5 heteroatoms. The van der Waals surface area contributed by atoms with Crippen molar-refractivity contribution < 1.29 is 9.53 Å². The van der Waals surface area contributed by atoms with Gasteiger partial charge in [-0.25, -0.2) is 4.98 Å². The molecule has 0 spiro atoms. The zero-order valence-corrected chi connectivity index (χ0v) is 16.7. The smallest absolute Gasteiger partial charge is 0.265 e. The molecule has 144 valence electrons. The number of hydrogen-bond acceptors (Lipinski definition) is 4. The van der Waals surface area contributed by atoms with Gasteiger partial charge in [0, 0.05) is 22.2 Å². The summed E-state index contributed by atoms with van der Waals surface area (Å²) in [5, 5.41) is 5.93. The van der Waals surface area contributed by atoms with Gasteiger partial charge in [-0.1, -0.05) is 60.7 Å². The van der Waals surface area contributed by atoms with E-state index in [0.717, 1.165) is 21.8 Å².